The summed E-state index contributed by atoms with van der Waals surface area (Å²) >= 11 is 0.580. The van der Waals surface area contributed by atoms with Crippen LogP contribution in [-0.2, 0) is 6.54 Å². The minimum atomic E-state index is 0.344. The Hall–Kier alpha value is -1.08. The van der Waals surface area contributed by atoms with Crippen LogP contribution in [0.2, 0.25) is 4.82 Å². The maximum atomic E-state index is 2.73. The first-order valence-electron chi connectivity index (χ1n) is 8.52. The van der Waals surface area contributed by atoms with Gasteiger partial charge in [0, 0.05) is 0 Å². The molecule has 1 aliphatic rings. The number of likely N-dealkylation sites (tertiary alicyclic amines) is 1. The van der Waals surface area contributed by atoms with Gasteiger partial charge in [0.15, 0.2) is 0 Å². The van der Waals surface area contributed by atoms with Crippen molar-refractivity contribution >= 4 is 19.4 Å². The van der Waals surface area contributed by atoms with Gasteiger partial charge in [0.2, 0.25) is 0 Å². The van der Waals surface area contributed by atoms with Crippen molar-refractivity contribution in [3.8, 4) is 0 Å². The van der Waals surface area contributed by atoms with Gasteiger partial charge in [0.25, 0.3) is 0 Å². The zero-order valence-electron chi connectivity index (χ0n) is 14.4. The molecule has 0 aromatic heterocycles. The van der Waals surface area contributed by atoms with Crippen molar-refractivity contribution in [1.29, 1.82) is 0 Å². The van der Waals surface area contributed by atoms with Crippen molar-refractivity contribution < 1.29 is 0 Å². The van der Waals surface area contributed by atoms with Gasteiger partial charge < -0.3 is 0 Å². The summed E-state index contributed by atoms with van der Waals surface area (Å²) in [4.78, 5) is 3.56. The predicted molar refractivity (Wildman–Crippen MR) is 100 cm³/mol. The van der Waals surface area contributed by atoms with E-state index in [1.54, 1.807) is 4.46 Å². The van der Waals surface area contributed by atoms with Crippen LogP contribution in [0.3, 0.4) is 0 Å². The zero-order valence-corrected chi connectivity index (χ0v) is 16.1. The average molecular weight is 372 g/mol. The van der Waals surface area contributed by atoms with Crippen molar-refractivity contribution in [2.75, 3.05) is 6.54 Å². The molecule has 0 amide bonds. The van der Waals surface area contributed by atoms with E-state index in [9.17, 15) is 0 Å². The van der Waals surface area contributed by atoms with E-state index in [2.05, 4.69) is 86.3 Å². The second-order valence-corrected chi connectivity index (χ2v) is 10.5. The molecule has 122 valence electrons. The third-order valence-electron chi connectivity index (χ3n) is 4.64. The Balaban J connectivity index is 1.72. The van der Waals surface area contributed by atoms with Gasteiger partial charge in [0.05, 0.1) is 0 Å². The molecular formula is C21H27NSe. The molecule has 0 N–H and O–H groups in total. The van der Waals surface area contributed by atoms with Gasteiger partial charge in [-0.3, -0.25) is 0 Å². The molecular weight excluding hydrogens is 345 g/mol. The normalized spacial score (nSPS) is 22.4. The molecule has 0 aliphatic carbocycles. The summed E-state index contributed by atoms with van der Waals surface area (Å²) in [6.07, 6.45) is 1.34. The second kappa shape index (κ2) is 7.21. The van der Waals surface area contributed by atoms with Gasteiger partial charge in [-0.15, -0.1) is 0 Å². The Morgan fingerprint density at radius 1 is 0.957 bits per heavy atom. The quantitative estimate of drug-likeness (QED) is 0.730. The minimum absolute atomic E-state index is 0.344. The summed E-state index contributed by atoms with van der Waals surface area (Å²) in [6, 6.07) is 22.7. The molecule has 1 nitrogen and oxygen atoms in total. The van der Waals surface area contributed by atoms with Crippen LogP contribution >= 0.6 is 0 Å². The van der Waals surface area contributed by atoms with Crippen LogP contribution in [0.15, 0.2) is 60.7 Å². The average Bonchev–Trinajstić information content (AvgIpc) is 2.92. The molecule has 0 radical (unpaired) electrons. The summed E-state index contributed by atoms with van der Waals surface area (Å²) in [5.41, 5.74) is 1.78. The van der Waals surface area contributed by atoms with Gasteiger partial charge in [-0.05, 0) is 0 Å². The summed E-state index contributed by atoms with van der Waals surface area (Å²) in [5, 5.41) is 0. The van der Waals surface area contributed by atoms with E-state index in [0.717, 1.165) is 11.4 Å². The first-order valence-corrected chi connectivity index (χ1v) is 10.4. The van der Waals surface area contributed by atoms with E-state index < -0.39 is 0 Å². The fourth-order valence-corrected chi connectivity index (χ4v) is 6.14. The van der Waals surface area contributed by atoms with Crippen molar-refractivity contribution in [3.63, 3.8) is 0 Å². The predicted octanol–water partition coefficient (Wildman–Crippen LogP) is 4.13. The van der Waals surface area contributed by atoms with Crippen LogP contribution in [0.1, 0.15) is 32.8 Å². The molecule has 0 saturated carbocycles. The number of nitrogens with zero attached hydrogens (tertiary/aromatic N) is 1. The summed E-state index contributed by atoms with van der Waals surface area (Å²) < 4.78 is 1.54. The molecule has 2 aromatic rings. The first-order chi connectivity index (χ1) is 11.0. The van der Waals surface area contributed by atoms with Crippen molar-refractivity contribution in [3.05, 3.63) is 66.2 Å². The summed E-state index contributed by atoms with van der Waals surface area (Å²) in [6.45, 7) is 9.52. The Morgan fingerprint density at radius 3 is 2.17 bits per heavy atom. The number of benzene rings is 2. The molecule has 1 aliphatic heterocycles. The topological polar surface area (TPSA) is 3.24 Å². The molecule has 1 heterocycles. The summed E-state index contributed by atoms with van der Waals surface area (Å²) in [7, 11) is 0. The zero-order chi connectivity index (χ0) is 16.3. The van der Waals surface area contributed by atoms with Crippen LogP contribution < -0.4 is 4.46 Å². The molecule has 2 atom stereocenters. The van der Waals surface area contributed by atoms with Crippen LogP contribution in [0.5, 0.6) is 0 Å². The van der Waals surface area contributed by atoms with Gasteiger partial charge in [0.1, 0.15) is 0 Å². The standard InChI is InChI=1S/C21H27NSe/c1-21(2,3)20-14-19(23-18-12-8-5-9-13-18)16-22(20)15-17-10-6-4-7-11-17/h4-13,19-20H,14-16H2,1-3H3. The fraction of sp³-hybridized carbons (Fsp3) is 0.429. The van der Waals surface area contributed by atoms with E-state index in [4.69, 9.17) is 0 Å². The van der Waals surface area contributed by atoms with E-state index in [0.29, 0.717) is 26.4 Å². The first kappa shape index (κ1) is 16.8. The Labute approximate surface area is 147 Å². The number of hydrogen-bond donors (Lipinski definition) is 0. The molecule has 0 bridgehead atoms. The van der Waals surface area contributed by atoms with Crippen molar-refractivity contribution in [2.24, 2.45) is 5.41 Å². The molecule has 3 rings (SSSR count). The third kappa shape index (κ3) is 4.47. The third-order valence-corrected chi connectivity index (χ3v) is 7.20. The monoisotopic (exact) mass is 373 g/mol. The van der Waals surface area contributed by atoms with Crippen molar-refractivity contribution in [2.45, 2.75) is 44.6 Å². The van der Waals surface area contributed by atoms with E-state index in [-0.39, 0.29) is 0 Å². The van der Waals surface area contributed by atoms with E-state index in [1.165, 1.54) is 18.5 Å². The second-order valence-electron chi connectivity index (χ2n) is 7.59. The van der Waals surface area contributed by atoms with E-state index >= 15 is 0 Å². The van der Waals surface area contributed by atoms with Gasteiger partial charge in [-0.1, -0.05) is 0 Å². The molecule has 2 heteroatoms. The SMILES string of the molecule is CC(C)(C)C1CC([Se]c2ccccc2)CN1Cc1ccccc1. The van der Waals surface area contributed by atoms with Crippen molar-refractivity contribution in [1.82, 2.24) is 4.90 Å². The van der Waals surface area contributed by atoms with Gasteiger partial charge in [-0.2, -0.15) is 0 Å². The van der Waals surface area contributed by atoms with Crippen LogP contribution in [0, 0.1) is 5.41 Å². The maximum absolute atomic E-state index is 2.73. The van der Waals surface area contributed by atoms with Crippen LogP contribution in [0.4, 0.5) is 0 Å². The summed E-state index contributed by atoms with van der Waals surface area (Å²) in [5.74, 6) is 0. The van der Waals surface area contributed by atoms with Gasteiger partial charge >= 0.3 is 147 Å². The molecule has 2 unspecified atom stereocenters. The van der Waals surface area contributed by atoms with Gasteiger partial charge in [-0.25, -0.2) is 0 Å². The number of hydrogen-bond acceptors (Lipinski definition) is 1. The van der Waals surface area contributed by atoms with Crippen LogP contribution in [0.25, 0.3) is 0 Å². The Kier molecular flexibility index (Phi) is 5.26. The molecule has 1 saturated heterocycles. The molecule has 1 fully saturated rings. The Morgan fingerprint density at radius 2 is 1.57 bits per heavy atom. The molecule has 0 spiro atoms. The molecule has 2 aromatic carbocycles. The molecule has 23 heavy (non-hydrogen) atoms. The Bertz CT molecular complexity index is 603. The van der Waals surface area contributed by atoms with E-state index in [1.807, 2.05) is 0 Å². The fourth-order valence-electron chi connectivity index (χ4n) is 3.53. The van der Waals surface area contributed by atoms with Crippen LogP contribution in [-0.4, -0.2) is 32.4 Å². The number of rotatable bonds is 4.